The van der Waals surface area contributed by atoms with Crippen LogP contribution in [0.15, 0.2) is 171 Å². The highest BCUT2D eigenvalue weighted by Gasteiger charge is 2.37. The molecule has 0 aliphatic rings. The Morgan fingerprint density at radius 3 is 1.51 bits per heavy atom. The average Bonchev–Trinajstić information content (AvgIpc) is 4.05. The first-order valence-corrected chi connectivity index (χ1v) is 19.2. The molecule has 6 nitrogen and oxygen atoms in total. The molecule has 3 aromatic heterocycles. The molecule has 0 amide bonds. The topological polar surface area (TPSA) is 53.5 Å². The van der Waals surface area contributed by atoms with Crippen molar-refractivity contribution < 1.29 is 0 Å². The molecule has 0 saturated carbocycles. The molecular weight excluding hydrogens is 673 g/mol. The van der Waals surface area contributed by atoms with E-state index >= 15 is 0 Å². The Balaban J connectivity index is 1.43. The molecule has 0 fully saturated rings. The molecule has 6 heteroatoms. The van der Waals surface area contributed by atoms with Crippen LogP contribution in [0.1, 0.15) is 86.9 Å². The van der Waals surface area contributed by atoms with Gasteiger partial charge in [-0.05, 0) is 95.0 Å². The Morgan fingerprint density at radius 1 is 0.491 bits per heavy atom. The van der Waals surface area contributed by atoms with Crippen molar-refractivity contribution in [3.8, 4) is 28.2 Å². The Bertz CT molecular complexity index is 2470. The maximum atomic E-state index is 5.68. The Labute approximate surface area is 324 Å². The lowest BCUT2D eigenvalue weighted by molar-refractivity contribution is 0.416. The van der Waals surface area contributed by atoms with Crippen LogP contribution in [-0.2, 0) is 11.1 Å². The molecule has 0 spiro atoms. The highest BCUT2D eigenvalue weighted by molar-refractivity contribution is 5.72. The fourth-order valence-electron chi connectivity index (χ4n) is 8.01. The second kappa shape index (κ2) is 14.5. The maximum absolute atomic E-state index is 5.68. The van der Waals surface area contributed by atoms with Crippen molar-refractivity contribution in [2.24, 2.45) is 0 Å². The van der Waals surface area contributed by atoms with Crippen LogP contribution in [0.5, 0.6) is 0 Å². The molecule has 0 N–H and O–H groups in total. The van der Waals surface area contributed by atoms with E-state index in [1.54, 1.807) is 0 Å². The van der Waals surface area contributed by atoms with Crippen LogP contribution in [0.3, 0.4) is 0 Å². The first-order chi connectivity index (χ1) is 26.7. The van der Waals surface area contributed by atoms with Crippen molar-refractivity contribution in [2.75, 3.05) is 0 Å². The lowest BCUT2D eigenvalue weighted by Crippen LogP contribution is -2.34. The molecule has 3 heterocycles. The Kier molecular flexibility index (Phi) is 9.44. The van der Waals surface area contributed by atoms with Gasteiger partial charge in [-0.15, -0.1) is 0 Å². The van der Waals surface area contributed by atoms with Crippen molar-refractivity contribution in [1.29, 1.82) is 0 Å². The zero-order valence-corrected chi connectivity index (χ0v) is 32.5. The van der Waals surface area contributed by atoms with Gasteiger partial charge in [0.25, 0.3) is 0 Å². The van der Waals surface area contributed by atoms with Gasteiger partial charge in [-0.25, -0.2) is 4.98 Å². The molecule has 0 aliphatic carbocycles. The van der Waals surface area contributed by atoms with Crippen molar-refractivity contribution in [2.45, 2.75) is 64.5 Å². The van der Waals surface area contributed by atoms with Crippen LogP contribution in [0.2, 0.25) is 0 Å². The van der Waals surface area contributed by atoms with E-state index in [1.807, 2.05) is 41.6 Å². The predicted molar refractivity (Wildman–Crippen MR) is 224 cm³/mol. The van der Waals surface area contributed by atoms with Crippen LogP contribution in [0.4, 0.5) is 0 Å². The van der Waals surface area contributed by atoms with Gasteiger partial charge in [0.2, 0.25) is 0 Å². The average molecular weight is 721 g/mol. The molecule has 55 heavy (non-hydrogen) atoms. The van der Waals surface area contributed by atoms with E-state index in [0.29, 0.717) is 0 Å². The standard InChI is InChI=1S/C49H48N6/c1-35(2)43-32-39(37-19-10-7-11-20-37)33-44(36(3)4)46(43)53-34-45(49(6,55-30-18-28-51-55)41-24-14-9-15-25-41)52-47(53)38-21-16-26-42(31-38)48(5,54-29-17-27-50-54)40-22-12-8-13-23-40/h7-36H,1-6H3/t48?,49-/m0/s1. The van der Waals surface area contributed by atoms with Crippen molar-refractivity contribution in [3.05, 3.63) is 204 Å². The minimum atomic E-state index is -0.698. The van der Waals surface area contributed by atoms with E-state index in [2.05, 4.69) is 184 Å². The number of benzene rings is 5. The van der Waals surface area contributed by atoms with Crippen molar-refractivity contribution in [1.82, 2.24) is 29.1 Å². The minimum Gasteiger partial charge on any atom is -0.299 e. The summed E-state index contributed by atoms with van der Waals surface area (Å²) >= 11 is 0. The van der Waals surface area contributed by atoms with Gasteiger partial charge in [0, 0.05) is 36.5 Å². The van der Waals surface area contributed by atoms with E-state index in [4.69, 9.17) is 15.2 Å². The SMILES string of the molecule is CC(C)c1cc(-c2ccccc2)cc(C(C)C)c1-n1cc([C@](C)(c2ccccc2)n2cccn2)nc1-c1cccc(C(C)(c2ccccc2)n2cccn2)c1. The minimum absolute atomic E-state index is 0.244. The first kappa shape index (κ1) is 35.7. The summed E-state index contributed by atoms with van der Waals surface area (Å²) in [5.41, 5.74) is 10.2. The number of hydrogen-bond donors (Lipinski definition) is 0. The monoisotopic (exact) mass is 720 g/mol. The molecule has 5 aromatic carbocycles. The number of aromatic nitrogens is 6. The van der Waals surface area contributed by atoms with Gasteiger partial charge in [0.15, 0.2) is 0 Å². The lowest BCUT2D eigenvalue weighted by Gasteiger charge is -2.32. The summed E-state index contributed by atoms with van der Waals surface area (Å²) in [6, 6.07) is 49.5. The molecule has 8 rings (SSSR count). The zero-order valence-electron chi connectivity index (χ0n) is 32.5. The third-order valence-corrected chi connectivity index (χ3v) is 11.2. The predicted octanol–water partition coefficient (Wildman–Crippen LogP) is 11.5. The molecule has 0 aliphatic heterocycles. The first-order valence-electron chi connectivity index (χ1n) is 19.2. The maximum Gasteiger partial charge on any atom is 0.144 e. The van der Waals surface area contributed by atoms with Crippen molar-refractivity contribution in [3.63, 3.8) is 0 Å². The Morgan fingerprint density at radius 2 is 0.982 bits per heavy atom. The van der Waals surface area contributed by atoms with Crippen LogP contribution in [-0.4, -0.2) is 29.1 Å². The number of hydrogen-bond acceptors (Lipinski definition) is 3. The van der Waals surface area contributed by atoms with E-state index in [1.165, 1.54) is 27.9 Å². The fourth-order valence-corrected chi connectivity index (χ4v) is 8.01. The van der Waals surface area contributed by atoms with Gasteiger partial charge in [-0.2, -0.15) is 10.2 Å². The summed E-state index contributed by atoms with van der Waals surface area (Å²) in [6.07, 6.45) is 10.0. The van der Waals surface area contributed by atoms with Gasteiger partial charge < -0.3 is 0 Å². The van der Waals surface area contributed by atoms with Crippen LogP contribution < -0.4 is 0 Å². The van der Waals surface area contributed by atoms with Gasteiger partial charge in [-0.3, -0.25) is 13.9 Å². The summed E-state index contributed by atoms with van der Waals surface area (Å²) < 4.78 is 6.45. The highest BCUT2D eigenvalue weighted by Crippen LogP contribution is 2.42. The van der Waals surface area contributed by atoms with Gasteiger partial charge in [0.1, 0.15) is 16.9 Å². The summed E-state index contributed by atoms with van der Waals surface area (Å²) in [7, 11) is 0. The highest BCUT2D eigenvalue weighted by atomic mass is 15.3. The molecule has 0 saturated heterocycles. The third kappa shape index (κ3) is 6.31. The normalized spacial score (nSPS) is 13.9. The summed E-state index contributed by atoms with van der Waals surface area (Å²) in [6.45, 7) is 13.6. The van der Waals surface area contributed by atoms with Gasteiger partial charge >= 0.3 is 0 Å². The summed E-state index contributed by atoms with van der Waals surface area (Å²) in [5.74, 6) is 1.36. The van der Waals surface area contributed by atoms with Crippen LogP contribution in [0.25, 0.3) is 28.2 Å². The molecular formula is C49H48N6. The second-order valence-corrected chi connectivity index (χ2v) is 15.4. The molecule has 8 aromatic rings. The largest absolute Gasteiger partial charge is 0.299 e. The van der Waals surface area contributed by atoms with E-state index in [9.17, 15) is 0 Å². The number of imidazole rings is 1. The summed E-state index contributed by atoms with van der Waals surface area (Å²) in [5, 5.41) is 9.62. The summed E-state index contributed by atoms with van der Waals surface area (Å²) in [4.78, 5) is 5.68. The molecule has 2 atom stereocenters. The van der Waals surface area contributed by atoms with Crippen LogP contribution >= 0.6 is 0 Å². The van der Waals surface area contributed by atoms with E-state index in [0.717, 1.165) is 33.8 Å². The van der Waals surface area contributed by atoms with Crippen LogP contribution in [0, 0.1) is 0 Å². The lowest BCUT2D eigenvalue weighted by atomic mass is 9.84. The third-order valence-electron chi connectivity index (χ3n) is 11.2. The molecule has 1 unspecified atom stereocenters. The van der Waals surface area contributed by atoms with E-state index in [-0.39, 0.29) is 11.8 Å². The van der Waals surface area contributed by atoms with Gasteiger partial charge in [-0.1, -0.05) is 137 Å². The van der Waals surface area contributed by atoms with E-state index < -0.39 is 11.1 Å². The zero-order chi connectivity index (χ0) is 38.2. The molecule has 0 bridgehead atoms. The molecule has 0 radical (unpaired) electrons. The van der Waals surface area contributed by atoms with Crippen molar-refractivity contribution >= 4 is 0 Å². The number of nitrogens with zero attached hydrogens (tertiary/aromatic N) is 6. The molecule has 274 valence electrons. The quantitative estimate of drug-likeness (QED) is 0.134. The fraction of sp³-hybridized carbons (Fsp3) is 0.204. The second-order valence-electron chi connectivity index (χ2n) is 15.4. The smallest absolute Gasteiger partial charge is 0.144 e. The van der Waals surface area contributed by atoms with Gasteiger partial charge in [0.05, 0.1) is 11.4 Å². The Hall–Kier alpha value is -6.27. The number of rotatable bonds is 11.